The quantitative estimate of drug-likeness (QED) is 0.809. The number of rotatable bonds is 6. The molecule has 1 heterocycles. The number of carbonyl (C=O) groups is 1. The highest BCUT2D eigenvalue weighted by Gasteiger charge is 2.10. The van der Waals surface area contributed by atoms with Gasteiger partial charge in [0.1, 0.15) is 0 Å². The van der Waals surface area contributed by atoms with Gasteiger partial charge < -0.3 is 15.4 Å². The van der Waals surface area contributed by atoms with Gasteiger partial charge >= 0.3 is 0 Å². The molecule has 2 rings (SSSR count). The molecular formula is C14H21ClFN3O2. The number of carbonyl (C=O) groups excluding carboxylic acids is 1. The molecule has 1 fully saturated rings. The molecule has 0 saturated carbocycles. The van der Waals surface area contributed by atoms with Crippen molar-refractivity contribution in [1.82, 2.24) is 15.5 Å². The van der Waals surface area contributed by atoms with E-state index < -0.39 is 5.82 Å². The lowest BCUT2D eigenvalue weighted by atomic mass is 10.3. The smallest absolute Gasteiger partial charge is 0.257 e. The van der Waals surface area contributed by atoms with Crippen molar-refractivity contribution in [2.24, 2.45) is 0 Å². The SMILES string of the molecule is Cl.O=C(COc1ccccc1F)NCCN1CCNCC1. The predicted octanol–water partition coefficient (Wildman–Crippen LogP) is 0.648. The maximum absolute atomic E-state index is 13.3. The molecule has 1 aliphatic rings. The lowest BCUT2D eigenvalue weighted by Gasteiger charge is -2.27. The summed E-state index contributed by atoms with van der Waals surface area (Å²) in [5.74, 6) is -0.589. The van der Waals surface area contributed by atoms with E-state index in [1.165, 1.54) is 12.1 Å². The summed E-state index contributed by atoms with van der Waals surface area (Å²) < 4.78 is 18.4. The fourth-order valence-corrected chi connectivity index (χ4v) is 2.04. The molecule has 118 valence electrons. The van der Waals surface area contributed by atoms with Crippen LogP contribution in [0.2, 0.25) is 0 Å². The first kappa shape index (κ1) is 17.7. The number of nitrogens with one attached hydrogen (secondary N) is 2. The number of halogens is 2. The van der Waals surface area contributed by atoms with Gasteiger partial charge in [-0.25, -0.2) is 4.39 Å². The van der Waals surface area contributed by atoms with Crippen LogP contribution < -0.4 is 15.4 Å². The lowest BCUT2D eigenvalue weighted by Crippen LogP contribution is -2.46. The number of amides is 1. The van der Waals surface area contributed by atoms with Crippen LogP contribution in [-0.4, -0.2) is 56.7 Å². The van der Waals surface area contributed by atoms with E-state index in [1.807, 2.05) is 0 Å². The lowest BCUT2D eigenvalue weighted by molar-refractivity contribution is -0.123. The van der Waals surface area contributed by atoms with Crippen molar-refractivity contribution in [2.45, 2.75) is 0 Å². The summed E-state index contributed by atoms with van der Waals surface area (Å²) >= 11 is 0. The zero-order valence-electron chi connectivity index (χ0n) is 11.8. The van der Waals surface area contributed by atoms with Gasteiger partial charge in [0, 0.05) is 39.3 Å². The van der Waals surface area contributed by atoms with Gasteiger partial charge in [0.15, 0.2) is 18.2 Å². The van der Waals surface area contributed by atoms with Gasteiger partial charge in [0.05, 0.1) is 0 Å². The maximum Gasteiger partial charge on any atom is 0.257 e. The fourth-order valence-electron chi connectivity index (χ4n) is 2.04. The summed E-state index contributed by atoms with van der Waals surface area (Å²) in [6.07, 6.45) is 0. The van der Waals surface area contributed by atoms with E-state index in [0.29, 0.717) is 6.54 Å². The average Bonchev–Trinajstić information content (AvgIpc) is 2.47. The number of piperazine rings is 1. The Hall–Kier alpha value is -1.37. The van der Waals surface area contributed by atoms with E-state index in [1.54, 1.807) is 12.1 Å². The van der Waals surface area contributed by atoms with Crippen LogP contribution in [0, 0.1) is 5.82 Å². The molecule has 1 saturated heterocycles. The Morgan fingerprint density at radius 1 is 1.33 bits per heavy atom. The number of nitrogens with zero attached hydrogens (tertiary/aromatic N) is 1. The molecular weight excluding hydrogens is 297 g/mol. The number of hydrogen-bond donors (Lipinski definition) is 2. The van der Waals surface area contributed by atoms with Crippen molar-refractivity contribution < 1.29 is 13.9 Å². The molecule has 0 aliphatic carbocycles. The second-order valence-electron chi connectivity index (χ2n) is 4.66. The van der Waals surface area contributed by atoms with Crippen LogP contribution in [0.4, 0.5) is 4.39 Å². The zero-order chi connectivity index (χ0) is 14.2. The summed E-state index contributed by atoms with van der Waals surface area (Å²) in [5.41, 5.74) is 0. The third-order valence-electron chi connectivity index (χ3n) is 3.16. The maximum atomic E-state index is 13.3. The van der Waals surface area contributed by atoms with E-state index in [4.69, 9.17) is 4.74 Å². The Kier molecular flexibility index (Phi) is 8.04. The third-order valence-corrected chi connectivity index (χ3v) is 3.16. The second-order valence-corrected chi connectivity index (χ2v) is 4.66. The molecule has 1 aliphatic heterocycles. The number of para-hydroxylation sites is 1. The minimum absolute atomic E-state index is 0. The summed E-state index contributed by atoms with van der Waals surface area (Å²) in [4.78, 5) is 13.9. The van der Waals surface area contributed by atoms with Gasteiger partial charge in [0.25, 0.3) is 5.91 Å². The largest absolute Gasteiger partial charge is 0.481 e. The Morgan fingerprint density at radius 3 is 2.76 bits per heavy atom. The van der Waals surface area contributed by atoms with Crippen LogP contribution in [0.5, 0.6) is 5.75 Å². The normalized spacial score (nSPS) is 15.1. The van der Waals surface area contributed by atoms with Crippen molar-refractivity contribution in [3.8, 4) is 5.75 Å². The van der Waals surface area contributed by atoms with Crippen LogP contribution in [0.15, 0.2) is 24.3 Å². The zero-order valence-corrected chi connectivity index (χ0v) is 12.6. The molecule has 0 aromatic heterocycles. The molecule has 0 atom stereocenters. The molecule has 1 amide bonds. The topological polar surface area (TPSA) is 53.6 Å². The Labute approximate surface area is 130 Å². The minimum atomic E-state index is -0.457. The van der Waals surface area contributed by atoms with Gasteiger partial charge in [-0.3, -0.25) is 9.69 Å². The molecule has 1 aromatic carbocycles. The van der Waals surface area contributed by atoms with Crippen LogP contribution in [0.3, 0.4) is 0 Å². The molecule has 0 unspecified atom stereocenters. The van der Waals surface area contributed by atoms with Crippen LogP contribution in [0.25, 0.3) is 0 Å². The number of hydrogen-bond acceptors (Lipinski definition) is 4. The Balaban J connectivity index is 0.00000220. The summed E-state index contributed by atoms with van der Waals surface area (Å²) in [5, 5.41) is 6.04. The summed E-state index contributed by atoms with van der Waals surface area (Å²) in [6, 6.07) is 6.05. The van der Waals surface area contributed by atoms with Crippen LogP contribution in [-0.2, 0) is 4.79 Å². The Bertz CT molecular complexity index is 442. The molecule has 1 aromatic rings. The van der Waals surface area contributed by atoms with E-state index in [2.05, 4.69) is 15.5 Å². The monoisotopic (exact) mass is 317 g/mol. The number of benzene rings is 1. The molecule has 5 nitrogen and oxygen atoms in total. The number of ether oxygens (including phenoxy) is 1. The van der Waals surface area contributed by atoms with E-state index in [-0.39, 0.29) is 30.7 Å². The Morgan fingerprint density at radius 2 is 2.05 bits per heavy atom. The van der Waals surface area contributed by atoms with Crippen molar-refractivity contribution in [2.75, 3.05) is 45.9 Å². The first-order valence-electron chi connectivity index (χ1n) is 6.83. The van der Waals surface area contributed by atoms with Crippen molar-refractivity contribution >= 4 is 18.3 Å². The predicted molar refractivity (Wildman–Crippen MR) is 81.5 cm³/mol. The van der Waals surface area contributed by atoms with Crippen molar-refractivity contribution in [3.63, 3.8) is 0 Å². The van der Waals surface area contributed by atoms with Gasteiger partial charge in [-0.1, -0.05) is 12.1 Å². The molecule has 21 heavy (non-hydrogen) atoms. The van der Waals surface area contributed by atoms with Gasteiger partial charge in [0.2, 0.25) is 0 Å². The van der Waals surface area contributed by atoms with Crippen molar-refractivity contribution in [1.29, 1.82) is 0 Å². The highest BCUT2D eigenvalue weighted by atomic mass is 35.5. The molecule has 7 heteroatoms. The molecule has 0 radical (unpaired) electrons. The highest BCUT2D eigenvalue weighted by molar-refractivity contribution is 5.85. The molecule has 2 N–H and O–H groups in total. The van der Waals surface area contributed by atoms with Gasteiger partial charge in [-0.15, -0.1) is 12.4 Å². The fraction of sp³-hybridized carbons (Fsp3) is 0.500. The van der Waals surface area contributed by atoms with E-state index >= 15 is 0 Å². The van der Waals surface area contributed by atoms with Crippen molar-refractivity contribution in [3.05, 3.63) is 30.1 Å². The van der Waals surface area contributed by atoms with Gasteiger partial charge in [-0.05, 0) is 12.1 Å². The highest BCUT2D eigenvalue weighted by Crippen LogP contribution is 2.14. The first-order chi connectivity index (χ1) is 9.75. The third kappa shape index (κ3) is 6.29. The molecule has 0 bridgehead atoms. The van der Waals surface area contributed by atoms with E-state index in [9.17, 15) is 9.18 Å². The summed E-state index contributed by atoms with van der Waals surface area (Å²) in [6.45, 7) is 5.23. The first-order valence-corrected chi connectivity index (χ1v) is 6.83. The minimum Gasteiger partial charge on any atom is -0.481 e. The second kappa shape index (κ2) is 9.55. The average molecular weight is 318 g/mol. The van der Waals surface area contributed by atoms with Crippen LogP contribution >= 0.6 is 12.4 Å². The summed E-state index contributed by atoms with van der Waals surface area (Å²) in [7, 11) is 0. The molecule has 0 spiro atoms. The van der Waals surface area contributed by atoms with Crippen LogP contribution in [0.1, 0.15) is 0 Å². The van der Waals surface area contributed by atoms with E-state index in [0.717, 1.165) is 32.7 Å². The standard InChI is InChI=1S/C14H20FN3O2.ClH/c15-12-3-1-2-4-13(12)20-11-14(19)17-7-10-18-8-5-16-6-9-18;/h1-4,16H,5-11H2,(H,17,19);1H. The van der Waals surface area contributed by atoms with Gasteiger partial charge in [-0.2, -0.15) is 0 Å².